The van der Waals surface area contributed by atoms with Crippen LogP contribution in [0.3, 0.4) is 0 Å². The molecule has 104 valence electrons. The first kappa shape index (κ1) is 15.1. The molecule has 0 bridgehead atoms. The highest BCUT2D eigenvalue weighted by Gasteiger charge is 2.09. The van der Waals surface area contributed by atoms with Gasteiger partial charge in [-0.15, -0.1) is 0 Å². The Hall–Kier alpha value is -2.31. The fraction of sp³-hybridized carbons (Fsp3) is 0.0556. The Labute approximate surface area is 133 Å². The number of hydrogen-bond acceptors (Lipinski definition) is 1. The number of para-hydroxylation sites is 1. The second-order valence-corrected chi connectivity index (χ2v) is 5.29. The van der Waals surface area contributed by atoms with Gasteiger partial charge in [-0.2, -0.15) is 0 Å². The highest BCUT2D eigenvalue weighted by atomic mass is 79.9. The van der Waals surface area contributed by atoms with E-state index in [1.807, 2.05) is 48.5 Å². The van der Waals surface area contributed by atoms with E-state index in [-0.39, 0.29) is 5.91 Å². The summed E-state index contributed by atoms with van der Waals surface area (Å²) in [5.41, 5.74) is 2.50. The predicted octanol–water partition coefficient (Wildman–Crippen LogP) is 4.00. The van der Waals surface area contributed by atoms with Gasteiger partial charge >= 0.3 is 0 Å². The molecule has 2 nitrogen and oxygen atoms in total. The average Bonchev–Trinajstić information content (AvgIpc) is 2.53. The van der Waals surface area contributed by atoms with E-state index >= 15 is 0 Å². The van der Waals surface area contributed by atoms with Crippen LogP contribution >= 0.6 is 15.9 Å². The molecule has 0 atom stereocenters. The molecule has 0 saturated heterocycles. The minimum atomic E-state index is -0.159. The lowest BCUT2D eigenvalue weighted by Gasteiger charge is -2.16. The Morgan fingerprint density at radius 2 is 1.81 bits per heavy atom. The molecular weight excluding hydrogens is 326 g/mol. The van der Waals surface area contributed by atoms with E-state index in [1.54, 1.807) is 11.9 Å². The SMILES string of the molecule is C=CC(=O)N(C)c1ccccc1C#Cc1ccc(Br)cc1. The maximum absolute atomic E-state index is 11.7. The van der Waals surface area contributed by atoms with Crippen LogP contribution in [-0.4, -0.2) is 13.0 Å². The van der Waals surface area contributed by atoms with Gasteiger partial charge in [0.05, 0.1) is 5.69 Å². The molecular formula is C18H14BrNO. The lowest BCUT2D eigenvalue weighted by molar-refractivity contribution is -0.113. The normalized spacial score (nSPS) is 9.43. The van der Waals surface area contributed by atoms with E-state index in [4.69, 9.17) is 0 Å². The van der Waals surface area contributed by atoms with E-state index in [9.17, 15) is 4.79 Å². The minimum Gasteiger partial charge on any atom is -0.311 e. The molecule has 0 saturated carbocycles. The highest BCUT2D eigenvalue weighted by Crippen LogP contribution is 2.18. The molecule has 0 aliphatic heterocycles. The van der Waals surface area contributed by atoms with Gasteiger partial charge in [-0.3, -0.25) is 4.79 Å². The van der Waals surface area contributed by atoms with Gasteiger partial charge in [0.25, 0.3) is 0 Å². The van der Waals surface area contributed by atoms with Gasteiger partial charge in [-0.1, -0.05) is 46.5 Å². The third-order valence-electron chi connectivity index (χ3n) is 2.96. The number of carbonyl (C=O) groups excluding carboxylic acids is 1. The molecule has 0 fully saturated rings. The van der Waals surface area contributed by atoms with Crippen molar-refractivity contribution in [3.8, 4) is 11.8 Å². The van der Waals surface area contributed by atoms with Crippen LogP contribution in [0.5, 0.6) is 0 Å². The van der Waals surface area contributed by atoms with Crippen molar-refractivity contribution in [3.05, 3.63) is 76.8 Å². The van der Waals surface area contributed by atoms with Crippen LogP contribution in [0.15, 0.2) is 65.7 Å². The molecule has 3 heteroatoms. The van der Waals surface area contributed by atoms with Crippen molar-refractivity contribution in [1.82, 2.24) is 0 Å². The summed E-state index contributed by atoms with van der Waals surface area (Å²) in [6.45, 7) is 3.51. The molecule has 0 aliphatic rings. The Balaban J connectivity index is 2.35. The lowest BCUT2D eigenvalue weighted by atomic mass is 10.1. The average molecular weight is 340 g/mol. The number of amides is 1. The van der Waals surface area contributed by atoms with E-state index in [2.05, 4.69) is 34.3 Å². The minimum absolute atomic E-state index is 0.159. The van der Waals surface area contributed by atoms with Gasteiger partial charge in [0.15, 0.2) is 0 Å². The number of benzene rings is 2. The summed E-state index contributed by atoms with van der Waals surface area (Å²) in [6, 6.07) is 15.3. The maximum atomic E-state index is 11.7. The van der Waals surface area contributed by atoms with Crippen molar-refractivity contribution in [1.29, 1.82) is 0 Å². The van der Waals surface area contributed by atoms with E-state index < -0.39 is 0 Å². The van der Waals surface area contributed by atoms with Crippen LogP contribution in [-0.2, 0) is 4.79 Å². The molecule has 2 aromatic rings. The van der Waals surface area contributed by atoms with Crippen LogP contribution in [0.4, 0.5) is 5.69 Å². The molecule has 2 aromatic carbocycles. The molecule has 0 heterocycles. The first-order chi connectivity index (χ1) is 10.1. The van der Waals surface area contributed by atoms with Crippen molar-refractivity contribution in [2.24, 2.45) is 0 Å². The topological polar surface area (TPSA) is 20.3 Å². The number of nitrogens with zero attached hydrogens (tertiary/aromatic N) is 1. The zero-order valence-electron chi connectivity index (χ0n) is 11.6. The Morgan fingerprint density at radius 1 is 1.14 bits per heavy atom. The second kappa shape index (κ2) is 6.92. The summed E-state index contributed by atoms with van der Waals surface area (Å²) in [6.07, 6.45) is 1.29. The molecule has 21 heavy (non-hydrogen) atoms. The van der Waals surface area contributed by atoms with Crippen LogP contribution in [0.2, 0.25) is 0 Å². The summed E-state index contributed by atoms with van der Waals surface area (Å²) in [5.74, 6) is 6.06. The largest absolute Gasteiger partial charge is 0.311 e. The summed E-state index contributed by atoms with van der Waals surface area (Å²) in [7, 11) is 1.71. The quantitative estimate of drug-likeness (QED) is 0.598. The zero-order chi connectivity index (χ0) is 15.2. The van der Waals surface area contributed by atoms with Crippen LogP contribution < -0.4 is 4.90 Å². The van der Waals surface area contributed by atoms with Crippen LogP contribution in [0.1, 0.15) is 11.1 Å². The maximum Gasteiger partial charge on any atom is 0.250 e. The predicted molar refractivity (Wildman–Crippen MR) is 90.2 cm³/mol. The molecule has 0 unspecified atom stereocenters. The standard InChI is InChI=1S/C18H14BrNO/c1-3-18(21)20(2)17-7-5-4-6-15(17)11-8-14-9-12-16(19)13-10-14/h3-7,9-10,12-13H,1H2,2H3. The van der Waals surface area contributed by atoms with Gasteiger partial charge < -0.3 is 4.90 Å². The molecule has 1 amide bonds. The van der Waals surface area contributed by atoms with Crippen molar-refractivity contribution in [3.63, 3.8) is 0 Å². The highest BCUT2D eigenvalue weighted by molar-refractivity contribution is 9.10. The van der Waals surface area contributed by atoms with Crippen LogP contribution in [0, 0.1) is 11.8 Å². The summed E-state index contributed by atoms with van der Waals surface area (Å²) in [4.78, 5) is 13.3. The van der Waals surface area contributed by atoms with Gasteiger partial charge in [0.1, 0.15) is 0 Å². The van der Waals surface area contributed by atoms with Crippen molar-refractivity contribution < 1.29 is 4.79 Å². The Kier molecular flexibility index (Phi) is 4.97. The molecule has 0 radical (unpaired) electrons. The monoisotopic (exact) mass is 339 g/mol. The summed E-state index contributed by atoms with van der Waals surface area (Å²) < 4.78 is 1.02. The number of anilines is 1. The Morgan fingerprint density at radius 3 is 2.48 bits per heavy atom. The number of hydrogen-bond donors (Lipinski definition) is 0. The first-order valence-electron chi connectivity index (χ1n) is 6.38. The smallest absolute Gasteiger partial charge is 0.250 e. The van der Waals surface area contributed by atoms with Gasteiger partial charge in [-0.25, -0.2) is 0 Å². The fourth-order valence-corrected chi connectivity index (χ4v) is 2.06. The summed E-state index contributed by atoms with van der Waals surface area (Å²) in [5, 5.41) is 0. The number of halogens is 1. The third kappa shape index (κ3) is 3.84. The summed E-state index contributed by atoms with van der Waals surface area (Å²) >= 11 is 3.39. The van der Waals surface area contributed by atoms with Crippen molar-refractivity contribution in [2.75, 3.05) is 11.9 Å². The van der Waals surface area contributed by atoms with Crippen molar-refractivity contribution in [2.45, 2.75) is 0 Å². The van der Waals surface area contributed by atoms with Gasteiger partial charge in [0.2, 0.25) is 5.91 Å². The molecule has 0 spiro atoms. The lowest BCUT2D eigenvalue weighted by Crippen LogP contribution is -2.24. The second-order valence-electron chi connectivity index (χ2n) is 4.38. The van der Waals surface area contributed by atoms with E-state index in [1.165, 1.54) is 6.08 Å². The number of carbonyl (C=O) groups is 1. The van der Waals surface area contributed by atoms with Gasteiger partial charge in [0, 0.05) is 22.6 Å². The van der Waals surface area contributed by atoms with E-state index in [0.717, 1.165) is 21.3 Å². The molecule has 0 N–H and O–H groups in total. The molecule has 2 rings (SSSR count). The Bertz CT molecular complexity index is 723. The molecule has 0 aliphatic carbocycles. The number of likely N-dealkylation sites (N-methyl/N-ethyl adjacent to an activating group) is 1. The zero-order valence-corrected chi connectivity index (χ0v) is 13.2. The van der Waals surface area contributed by atoms with E-state index in [0.29, 0.717) is 0 Å². The fourth-order valence-electron chi connectivity index (χ4n) is 1.80. The van der Waals surface area contributed by atoms with Crippen LogP contribution in [0.25, 0.3) is 0 Å². The third-order valence-corrected chi connectivity index (χ3v) is 3.48. The molecule has 0 aromatic heterocycles. The first-order valence-corrected chi connectivity index (χ1v) is 7.18. The van der Waals surface area contributed by atoms with Crippen molar-refractivity contribution >= 4 is 27.5 Å². The van der Waals surface area contributed by atoms with Gasteiger partial charge in [-0.05, 0) is 42.5 Å². The number of rotatable bonds is 2.